The lowest BCUT2D eigenvalue weighted by atomic mass is 9.86. The minimum atomic E-state index is -0.882. The quantitative estimate of drug-likeness (QED) is 0.866. The van der Waals surface area contributed by atoms with E-state index in [4.69, 9.17) is 4.74 Å². The Balaban J connectivity index is 1.67. The number of ether oxygens (including phenoxy) is 1. The highest BCUT2D eigenvalue weighted by atomic mass is 16.5. The van der Waals surface area contributed by atoms with E-state index in [1.807, 2.05) is 25.3 Å². The number of aryl methyl sites for hydroxylation is 1. The minimum Gasteiger partial charge on any atom is -0.481 e. The third kappa shape index (κ3) is 3.56. The Morgan fingerprint density at radius 3 is 2.92 bits per heavy atom. The van der Waals surface area contributed by atoms with Crippen molar-refractivity contribution in [1.82, 2.24) is 14.7 Å². The number of nitrogens with zero attached hydrogens (tertiary/aromatic N) is 2. The summed E-state index contributed by atoms with van der Waals surface area (Å²) in [6.07, 6.45) is 4.91. The summed E-state index contributed by atoms with van der Waals surface area (Å²) < 4.78 is 7.05. The Morgan fingerprint density at radius 2 is 2.21 bits per heavy atom. The van der Waals surface area contributed by atoms with E-state index < -0.39 is 11.9 Å². The van der Waals surface area contributed by atoms with Crippen molar-refractivity contribution in [3.63, 3.8) is 0 Å². The predicted molar refractivity (Wildman–Crippen MR) is 86.9 cm³/mol. The molecule has 1 unspecified atom stereocenters. The number of imidazole rings is 1. The molecule has 1 amide bonds. The summed E-state index contributed by atoms with van der Waals surface area (Å²) in [6, 6.07) is 3.82. The van der Waals surface area contributed by atoms with Crippen LogP contribution in [-0.4, -0.2) is 46.1 Å². The molecule has 0 spiro atoms. The molecule has 7 nitrogen and oxygen atoms in total. The van der Waals surface area contributed by atoms with E-state index in [0.29, 0.717) is 31.7 Å². The first kappa shape index (κ1) is 16.4. The highest BCUT2D eigenvalue weighted by Crippen LogP contribution is 2.23. The Morgan fingerprint density at radius 1 is 1.46 bits per heavy atom. The molecule has 1 aliphatic heterocycles. The molecule has 0 saturated carbocycles. The van der Waals surface area contributed by atoms with Crippen molar-refractivity contribution in [3.05, 3.63) is 35.8 Å². The number of carbonyl (C=O) groups excluding carboxylic acids is 1. The standard InChI is InChI=1S/C17H21N3O4/c1-11-2-5-20-10-14(19-15(20)8-11)16(21)18-9-13(17(22)23)12-3-6-24-7-4-12/h2,5,8,10,12-13H,3-4,6-7,9H2,1H3,(H,18,21)(H,22,23). The van der Waals surface area contributed by atoms with Gasteiger partial charge in [0.15, 0.2) is 0 Å². The van der Waals surface area contributed by atoms with E-state index in [1.54, 1.807) is 10.6 Å². The molecular weight excluding hydrogens is 310 g/mol. The number of hydrogen-bond acceptors (Lipinski definition) is 4. The third-order valence-corrected chi connectivity index (χ3v) is 4.48. The fourth-order valence-corrected chi connectivity index (χ4v) is 3.06. The van der Waals surface area contributed by atoms with Crippen LogP contribution in [0.25, 0.3) is 5.65 Å². The second kappa shape index (κ2) is 7.00. The molecule has 0 aliphatic carbocycles. The fraction of sp³-hybridized carbons (Fsp3) is 0.471. The van der Waals surface area contributed by atoms with Crippen LogP contribution in [-0.2, 0) is 9.53 Å². The summed E-state index contributed by atoms with van der Waals surface area (Å²) in [5, 5.41) is 12.2. The SMILES string of the molecule is Cc1ccn2cc(C(=O)NCC(C(=O)O)C3CCOCC3)nc2c1. The molecule has 0 aromatic carbocycles. The van der Waals surface area contributed by atoms with E-state index in [0.717, 1.165) is 5.56 Å². The molecule has 24 heavy (non-hydrogen) atoms. The highest BCUT2D eigenvalue weighted by Gasteiger charge is 2.30. The van der Waals surface area contributed by atoms with Gasteiger partial charge in [-0.2, -0.15) is 0 Å². The van der Waals surface area contributed by atoms with Crippen molar-refractivity contribution in [1.29, 1.82) is 0 Å². The normalized spacial score (nSPS) is 16.9. The molecule has 1 fully saturated rings. The van der Waals surface area contributed by atoms with Gasteiger partial charge in [0.1, 0.15) is 11.3 Å². The number of carboxylic acids is 1. The zero-order valence-electron chi connectivity index (χ0n) is 13.6. The van der Waals surface area contributed by atoms with Gasteiger partial charge in [-0.15, -0.1) is 0 Å². The van der Waals surface area contributed by atoms with Gasteiger partial charge in [-0.25, -0.2) is 4.98 Å². The lowest BCUT2D eigenvalue weighted by molar-refractivity contribution is -0.144. The summed E-state index contributed by atoms with van der Waals surface area (Å²) in [5.41, 5.74) is 2.04. The minimum absolute atomic E-state index is 0.0280. The van der Waals surface area contributed by atoms with Gasteiger partial charge in [0.2, 0.25) is 0 Å². The Hall–Kier alpha value is -2.41. The number of nitrogens with one attached hydrogen (secondary N) is 1. The van der Waals surface area contributed by atoms with Crippen LogP contribution < -0.4 is 5.32 Å². The predicted octanol–water partition coefficient (Wildman–Crippen LogP) is 1.50. The average molecular weight is 331 g/mol. The van der Waals surface area contributed by atoms with Crippen molar-refractivity contribution < 1.29 is 19.4 Å². The zero-order valence-corrected chi connectivity index (χ0v) is 13.6. The van der Waals surface area contributed by atoms with Crippen LogP contribution in [0.5, 0.6) is 0 Å². The van der Waals surface area contributed by atoms with E-state index in [9.17, 15) is 14.7 Å². The second-order valence-corrected chi connectivity index (χ2v) is 6.20. The number of carbonyl (C=O) groups is 2. The lowest BCUT2D eigenvalue weighted by Gasteiger charge is -2.27. The second-order valence-electron chi connectivity index (χ2n) is 6.20. The molecule has 0 bridgehead atoms. The first-order chi connectivity index (χ1) is 11.5. The number of hydrogen-bond donors (Lipinski definition) is 2. The number of aromatic nitrogens is 2. The number of carboxylic acid groups (broad SMARTS) is 1. The van der Waals surface area contributed by atoms with Gasteiger partial charge in [-0.3, -0.25) is 9.59 Å². The molecule has 1 aliphatic rings. The van der Waals surface area contributed by atoms with Gasteiger partial charge < -0.3 is 19.6 Å². The van der Waals surface area contributed by atoms with Gasteiger partial charge >= 0.3 is 5.97 Å². The number of fused-ring (bicyclic) bond motifs is 1. The van der Waals surface area contributed by atoms with Crippen LogP contribution in [0.4, 0.5) is 0 Å². The molecule has 2 N–H and O–H groups in total. The van der Waals surface area contributed by atoms with E-state index >= 15 is 0 Å². The molecule has 1 saturated heterocycles. The van der Waals surface area contributed by atoms with Gasteiger partial charge in [0, 0.05) is 32.2 Å². The summed E-state index contributed by atoms with van der Waals surface area (Å²) in [5.74, 6) is -1.81. The van der Waals surface area contributed by atoms with Gasteiger partial charge in [0.05, 0.1) is 5.92 Å². The number of rotatable bonds is 5. The molecule has 128 valence electrons. The van der Waals surface area contributed by atoms with E-state index in [2.05, 4.69) is 10.3 Å². The van der Waals surface area contributed by atoms with Crippen LogP contribution >= 0.6 is 0 Å². The monoisotopic (exact) mass is 331 g/mol. The van der Waals surface area contributed by atoms with Crippen LogP contribution in [0.15, 0.2) is 24.5 Å². The summed E-state index contributed by atoms with van der Waals surface area (Å²) in [7, 11) is 0. The number of amides is 1. The molecule has 3 heterocycles. The molecule has 3 rings (SSSR count). The van der Waals surface area contributed by atoms with Crippen LogP contribution in [0.3, 0.4) is 0 Å². The average Bonchev–Trinajstić information content (AvgIpc) is 2.98. The smallest absolute Gasteiger partial charge is 0.308 e. The van der Waals surface area contributed by atoms with Crippen LogP contribution in [0.1, 0.15) is 28.9 Å². The summed E-state index contributed by atoms with van der Waals surface area (Å²) >= 11 is 0. The third-order valence-electron chi connectivity index (χ3n) is 4.48. The maximum absolute atomic E-state index is 12.3. The van der Waals surface area contributed by atoms with Gasteiger partial charge in [0.25, 0.3) is 5.91 Å². The van der Waals surface area contributed by atoms with Gasteiger partial charge in [-0.05, 0) is 43.4 Å². The zero-order chi connectivity index (χ0) is 17.1. The Kier molecular flexibility index (Phi) is 4.80. The molecular formula is C17H21N3O4. The number of pyridine rings is 1. The van der Waals surface area contributed by atoms with Crippen molar-refractivity contribution in [2.45, 2.75) is 19.8 Å². The fourth-order valence-electron chi connectivity index (χ4n) is 3.06. The highest BCUT2D eigenvalue weighted by molar-refractivity contribution is 5.93. The largest absolute Gasteiger partial charge is 0.481 e. The van der Waals surface area contributed by atoms with Crippen molar-refractivity contribution >= 4 is 17.5 Å². The first-order valence-corrected chi connectivity index (χ1v) is 8.08. The van der Waals surface area contributed by atoms with Crippen molar-refractivity contribution in [3.8, 4) is 0 Å². The molecule has 2 aromatic rings. The Labute approximate surface area is 139 Å². The van der Waals surface area contributed by atoms with Crippen molar-refractivity contribution in [2.75, 3.05) is 19.8 Å². The number of aliphatic carboxylic acids is 1. The lowest BCUT2D eigenvalue weighted by Crippen LogP contribution is -2.39. The van der Waals surface area contributed by atoms with Crippen LogP contribution in [0.2, 0.25) is 0 Å². The Bertz CT molecular complexity index is 749. The van der Waals surface area contributed by atoms with Crippen LogP contribution in [0, 0.1) is 18.8 Å². The molecule has 7 heteroatoms. The summed E-state index contributed by atoms with van der Waals surface area (Å²) in [4.78, 5) is 28.1. The first-order valence-electron chi connectivity index (χ1n) is 8.08. The summed E-state index contributed by atoms with van der Waals surface area (Å²) in [6.45, 7) is 3.22. The topological polar surface area (TPSA) is 92.9 Å². The van der Waals surface area contributed by atoms with Crippen molar-refractivity contribution in [2.24, 2.45) is 11.8 Å². The molecule has 1 atom stereocenters. The van der Waals surface area contributed by atoms with E-state index in [-0.39, 0.29) is 24.1 Å². The molecule has 2 aromatic heterocycles. The maximum atomic E-state index is 12.3. The van der Waals surface area contributed by atoms with E-state index in [1.165, 1.54) is 0 Å². The van der Waals surface area contributed by atoms with Gasteiger partial charge in [-0.1, -0.05) is 0 Å². The molecule has 0 radical (unpaired) electrons. The maximum Gasteiger partial charge on any atom is 0.308 e.